The van der Waals surface area contributed by atoms with E-state index in [0.717, 1.165) is 35.7 Å². The van der Waals surface area contributed by atoms with Crippen LogP contribution in [0.2, 0.25) is 0 Å². The van der Waals surface area contributed by atoms with Crippen molar-refractivity contribution in [1.82, 2.24) is 4.90 Å². The van der Waals surface area contributed by atoms with Crippen LogP contribution in [0.25, 0.3) is 6.08 Å². The summed E-state index contributed by atoms with van der Waals surface area (Å²) in [4.78, 5) is 21.1. The Bertz CT molecular complexity index is 1120. The van der Waals surface area contributed by atoms with E-state index < -0.39 is 0 Å². The first-order chi connectivity index (χ1) is 16.6. The van der Waals surface area contributed by atoms with E-state index >= 15 is 0 Å². The Hall–Kier alpha value is -3.24. The first-order valence-electron chi connectivity index (χ1n) is 11.7. The molecule has 2 aromatic carbocycles. The van der Waals surface area contributed by atoms with Gasteiger partial charge in [0, 0.05) is 6.04 Å². The fraction of sp³-hybridized carbons (Fsp3) is 0.370. The molecule has 0 aromatic heterocycles. The zero-order valence-electron chi connectivity index (χ0n) is 19.6. The molecule has 4 rings (SSSR count). The number of carbonyl (C=O) groups is 1. The molecule has 0 spiro atoms. The summed E-state index contributed by atoms with van der Waals surface area (Å²) < 4.78 is 11.2. The largest absolute Gasteiger partial charge is 0.490 e. The smallest absolute Gasteiger partial charge is 0.267 e. The van der Waals surface area contributed by atoms with Crippen LogP contribution in [-0.2, 0) is 4.79 Å². The molecule has 1 saturated carbocycles. The molecule has 176 valence electrons. The Morgan fingerprint density at radius 2 is 1.94 bits per heavy atom. The van der Waals surface area contributed by atoms with Crippen molar-refractivity contribution in [1.29, 1.82) is 5.26 Å². The van der Waals surface area contributed by atoms with E-state index in [1.165, 1.54) is 18.2 Å². The number of nitrogens with zero attached hydrogens (tertiary/aromatic N) is 3. The summed E-state index contributed by atoms with van der Waals surface area (Å²) >= 11 is 1.42. The Morgan fingerprint density at radius 1 is 1.15 bits per heavy atom. The number of thioether (sulfide) groups is 1. The molecule has 2 fully saturated rings. The van der Waals surface area contributed by atoms with E-state index in [-0.39, 0.29) is 18.6 Å². The zero-order valence-corrected chi connectivity index (χ0v) is 20.4. The highest BCUT2D eigenvalue weighted by atomic mass is 32.2. The second-order valence-electron chi connectivity index (χ2n) is 8.43. The Kier molecular flexibility index (Phi) is 7.91. The second kappa shape index (κ2) is 11.3. The number of para-hydroxylation sites is 1. The predicted molar refractivity (Wildman–Crippen MR) is 136 cm³/mol. The molecular formula is C27H29N3O3S. The number of hydrogen-bond acceptors (Lipinski definition) is 6. The van der Waals surface area contributed by atoms with Crippen LogP contribution in [0.4, 0.5) is 5.69 Å². The van der Waals surface area contributed by atoms with Gasteiger partial charge in [-0.05, 0) is 73.4 Å². The van der Waals surface area contributed by atoms with Crippen molar-refractivity contribution < 1.29 is 14.3 Å². The molecule has 7 heteroatoms. The van der Waals surface area contributed by atoms with Crippen molar-refractivity contribution in [2.45, 2.75) is 45.6 Å². The Morgan fingerprint density at radius 3 is 2.68 bits per heavy atom. The van der Waals surface area contributed by atoms with Crippen LogP contribution in [-0.4, -0.2) is 35.2 Å². The molecule has 1 heterocycles. The molecule has 0 unspecified atom stereocenters. The zero-order chi connectivity index (χ0) is 23.9. The molecule has 1 amide bonds. The summed E-state index contributed by atoms with van der Waals surface area (Å²) in [6.45, 7) is 4.55. The molecule has 0 bridgehead atoms. The summed E-state index contributed by atoms with van der Waals surface area (Å²) in [5.74, 6) is 1.50. The number of benzene rings is 2. The predicted octanol–water partition coefficient (Wildman–Crippen LogP) is 6.17. The van der Waals surface area contributed by atoms with Crippen LogP contribution in [0.5, 0.6) is 11.5 Å². The lowest BCUT2D eigenvalue weighted by Crippen LogP contribution is -2.44. The molecule has 0 N–H and O–H groups in total. The van der Waals surface area contributed by atoms with Crippen molar-refractivity contribution in [3.8, 4) is 17.6 Å². The number of hydrogen-bond donors (Lipinski definition) is 0. The summed E-state index contributed by atoms with van der Waals surface area (Å²) in [7, 11) is 0. The van der Waals surface area contributed by atoms with Gasteiger partial charge in [0.05, 0.1) is 17.2 Å². The van der Waals surface area contributed by atoms with E-state index in [9.17, 15) is 4.79 Å². The minimum absolute atomic E-state index is 0.00111. The molecule has 2 atom stereocenters. The van der Waals surface area contributed by atoms with Crippen LogP contribution in [0.3, 0.4) is 0 Å². The fourth-order valence-electron chi connectivity index (χ4n) is 4.41. The summed E-state index contributed by atoms with van der Waals surface area (Å²) in [5, 5.41) is 9.56. The first-order valence-corrected chi connectivity index (χ1v) is 12.6. The van der Waals surface area contributed by atoms with Gasteiger partial charge in [-0.3, -0.25) is 9.69 Å². The van der Waals surface area contributed by atoms with Crippen LogP contribution in [0, 0.1) is 17.2 Å². The van der Waals surface area contributed by atoms with Crippen LogP contribution in [0.1, 0.15) is 45.1 Å². The molecule has 34 heavy (non-hydrogen) atoms. The molecule has 1 saturated heterocycles. The number of amides is 1. The maximum atomic E-state index is 13.6. The van der Waals surface area contributed by atoms with Crippen molar-refractivity contribution in [3.05, 3.63) is 59.0 Å². The lowest BCUT2D eigenvalue weighted by molar-refractivity contribution is -0.124. The monoisotopic (exact) mass is 475 g/mol. The van der Waals surface area contributed by atoms with Crippen molar-refractivity contribution >= 4 is 34.6 Å². The molecule has 0 radical (unpaired) electrons. The van der Waals surface area contributed by atoms with E-state index in [2.05, 4.69) is 6.92 Å². The fourth-order valence-corrected chi connectivity index (χ4v) is 5.46. The third-order valence-corrected chi connectivity index (χ3v) is 7.06. The lowest BCUT2D eigenvalue weighted by Gasteiger charge is -2.35. The van der Waals surface area contributed by atoms with Gasteiger partial charge in [0.2, 0.25) is 0 Å². The number of ether oxygens (including phenoxy) is 2. The topological polar surface area (TPSA) is 74.9 Å². The highest BCUT2D eigenvalue weighted by molar-refractivity contribution is 8.18. The van der Waals surface area contributed by atoms with Crippen LogP contribution in [0.15, 0.2) is 58.4 Å². The maximum Gasteiger partial charge on any atom is 0.267 e. The number of aliphatic imine (C=N–C) groups is 1. The summed E-state index contributed by atoms with van der Waals surface area (Å²) in [5.41, 5.74) is 1.67. The second-order valence-corrected chi connectivity index (χ2v) is 9.44. The third-order valence-electron chi connectivity index (χ3n) is 6.07. The van der Waals surface area contributed by atoms with E-state index in [1.807, 2.05) is 66.4 Å². The molecular weight excluding hydrogens is 446 g/mol. The maximum absolute atomic E-state index is 13.6. The minimum atomic E-state index is -0.0529. The molecule has 2 aromatic rings. The van der Waals surface area contributed by atoms with Crippen molar-refractivity contribution in [2.24, 2.45) is 10.9 Å². The van der Waals surface area contributed by atoms with Gasteiger partial charge in [-0.15, -0.1) is 0 Å². The van der Waals surface area contributed by atoms with Gasteiger partial charge < -0.3 is 9.47 Å². The number of amidine groups is 1. The van der Waals surface area contributed by atoms with Gasteiger partial charge in [0.15, 0.2) is 23.3 Å². The van der Waals surface area contributed by atoms with E-state index in [0.29, 0.717) is 28.9 Å². The van der Waals surface area contributed by atoms with Gasteiger partial charge in [-0.1, -0.05) is 44.0 Å². The highest BCUT2D eigenvalue weighted by Gasteiger charge is 2.41. The SMILES string of the molecule is CCOc1cc(/C=C2\SC(=Nc3ccccc3)N([C@@H]3CCCC[C@@H]3C)C2=O)ccc1OCC#N. The van der Waals surface area contributed by atoms with Gasteiger partial charge >= 0.3 is 0 Å². The summed E-state index contributed by atoms with van der Waals surface area (Å²) in [6, 6.07) is 17.4. The number of rotatable bonds is 7. The molecule has 1 aliphatic carbocycles. The van der Waals surface area contributed by atoms with Gasteiger partial charge in [0.1, 0.15) is 6.07 Å². The Labute approximate surface area is 205 Å². The van der Waals surface area contributed by atoms with Gasteiger partial charge in [0.25, 0.3) is 5.91 Å². The average Bonchev–Trinajstić information content (AvgIpc) is 3.14. The molecule has 6 nitrogen and oxygen atoms in total. The van der Waals surface area contributed by atoms with E-state index in [4.69, 9.17) is 19.7 Å². The highest BCUT2D eigenvalue weighted by Crippen LogP contribution is 2.40. The third kappa shape index (κ3) is 5.45. The number of carbonyl (C=O) groups excluding carboxylic acids is 1. The number of nitriles is 1. The standard InChI is InChI=1S/C27H29N3O3S/c1-3-32-24-17-20(13-14-23(24)33-16-15-28)18-25-26(31)30(22-12-8-7-9-19(22)2)27(34-25)29-21-10-5-4-6-11-21/h4-6,10-11,13-14,17-19,22H,3,7-9,12,16H2,1-2H3/b25-18-,29-27?/t19-,22+/m0/s1. The molecule has 2 aliphatic rings. The molecule has 1 aliphatic heterocycles. The van der Waals surface area contributed by atoms with E-state index in [1.54, 1.807) is 6.07 Å². The lowest BCUT2D eigenvalue weighted by atomic mass is 9.85. The normalized spacial score (nSPS) is 22.7. The minimum Gasteiger partial charge on any atom is -0.490 e. The quantitative estimate of drug-likeness (QED) is 0.448. The van der Waals surface area contributed by atoms with Crippen molar-refractivity contribution in [2.75, 3.05) is 13.2 Å². The van der Waals surface area contributed by atoms with Gasteiger partial charge in [-0.25, -0.2) is 4.99 Å². The van der Waals surface area contributed by atoms with Crippen LogP contribution >= 0.6 is 11.8 Å². The van der Waals surface area contributed by atoms with Gasteiger partial charge in [-0.2, -0.15) is 5.26 Å². The van der Waals surface area contributed by atoms with Crippen LogP contribution < -0.4 is 9.47 Å². The summed E-state index contributed by atoms with van der Waals surface area (Å²) in [6.07, 6.45) is 6.34. The average molecular weight is 476 g/mol. The van der Waals surface area contributed by atoms with Crippen molar-refractivity contribution in [3.63, 3.8) is 0 Å². The first kappa shape index (κ1) is 23.9. The Balaban J connectivity index is 1.68.